The summed E-state index contributed by atoms with van der Waals surface area (Å²) in [6.45, 7) is 7.99. The SMILES string of the molecule is CC(C#N)CN(C)C(=O)C(C)N1CCNCC1. The second-order valence-electron chi connectivity index (χ2n) is 4.71. The van der Waals surface area contributed by atoms with Gasteiger partial charge in [0.05, 0.1) is 18.0 Å². The summed E-state index contributed by atoms with van der Waals surface area (Å²) in [4.78, 5) is 16.0. The van der Waals surface area contributed by atoms with Gasteiger partial charge in [0.1, 0.15) is 0 Å². The number of likely N-dealkylation sites (N-methyl/N-ethyl adjacent to an activating group) is 1. The first kappa shape index (κ1) is 13.9. The van der Waals surface area contributed by atoms with Gasteiger partial charge in [0.2, 0.25) is 5.91 Å². The van der Waals surface area contributed by atoms with Gasteiger partial charge in [-0.3, -0.25) is 9.69 Å². The highest BCUT2D eigenvalue weighted by Gasteiger charge is 2.25. The first-order chi connectivity index (χ1) is 8.06. The molecule has 17 heavy (non-hydrogen) atoms. The van der Waals surface area contributed by atoms with Gasteiger partial charge in [0, 0.05) is 39.8 Å². The summed E-state index contributed by atoms with van der Waals surface area (Å²) < 4.78 is 0. The van der Waals surface area contributed by atoms with Crippen molar-refractivity contribution in [2.75, 3.05) is 39.8 Å². The Kier molecular flexibility index (Phi) is 5.39. The Morgan fingerprint density at radius 3 is 2.59 bits per heavy atom. The minimum absolute atomic E-state index is 0.0898. The van der Waals surface area contributed by atoms with Crippen molar-refractivity contribution >= 4 is 5.91 Å². The van der Waals surface area contributed by atoms with E-state index >= 15 is 0 Å². The molecule has 1 amide bonds. The molecule has 0 saturated carbocycles. The van der Waals surface area contributed by atoms with Crippen LogP contribution in [0.1, 0.15) is 13.8 Å². The van der Waals surface area contributed by atoms with E-state index in [1.807, 2.05) is 13.8 Å². The van der Waals surface area contributed by atoms with E-state index in [0.717, 1.165) is 26.2 Å². The van der Waals surface area contributed by atoms with Gasteiger partial charge in [0.15, 0.2) is 0 Å². The highest BCUT2D eigenvalue weighted by Crippen LogP contribution is 2.06. The molecule has 0 aromatic heterocycles. The van der Waals surface area contributed by atoms with Gasteiger partial charge < -0.3 is 10.2 Å². The van der Waals surface area contributed by atoms with E-state index in [-0.39, 0.29) is 17.9 Å². The van der Waals surface area contributed by atoms with E-state index in [1.54, 1.807) is 11.9 Å². The summed E-state index contributed by atoms with van der Waals surface area (Å²) in [6.07, 6.45) is 0. The van der Waals surface area contributed by atoms with E-state index in [2.05, 4.69) is 16.3 Å². The van der Waals surface area contributed by atoms with Crippen LogP contribution in [0, 0.1) is 17.2 Å². The summed E-state index contributed by atoms with van der Waals surface area (Å²) in [6, 6.07) is 2.06. The van der Waals surface area contributed by atoms with Gasteiger partial charge in [-0.1, -0.05) is 0 Å². The van der Waals surface area contributed by atoms with Gasteiger partial charge in [-0.2, -0.15) is 5.26 Å². The van der Waals surface area contributed by atoms with Crippen LogP contribution in [0.5, 0.6) is 0 Å². The Labute approximate surface area is 103 Å². The molecular formula is C12H22N4O. The van der Waals surface area contributed by atoms with Gasteiger partial charge in [0.25, 0.3) is 0 Å². The summed E-state index contributed by atoms with van der Waals surface area (Å²) in [5.41, 5.74) is 0. The molecule has 0 bridgehead atoms. The zero-order valence-corrected chi connectivity index (χ0v) is 10.9. The van der Waals surface area contributed by atoms with E-state index < -0.39 is 0 Å². The molecule has 2 unspecified atom stereocenters. The number of carbonyl (C=O) groups is 1. The number of nitrogens with zero attached hydrogens (tertiary/aromatic N) is 3. The van der Waals surface area contributed by atoms with Gasteiger partial charge in [-0.05, 0) is 13.8 Å². The fraction of sp³-hybridized carbons (Fsp3) is 0.833. The lowest BCUT2D eigenvalue weighted by Crippen LogP contribution is -2.53. The van der Waals surface area contributed by atoms with Crippen molar-refractivity contribution < 1.29 is 4.79 Å². The average molecular weight is 238 g/mol. The molecule has 0 aliphatic carbocycles. The van der Waals surface area contributed by atoms with Crippen LogP contribution in [0.4, 0.5) is 0 Å². The molecule has 1 N–H and O–H groups in total. The second kappa shape index (κ2) is 6.58. The number of amides is 1. The minimum Gasteiger partial charge on any atom is -0.343 e. The number of piperazine rings is 1. The molecule has 1 heterocycles. The highest BCUT2D eigenvalue weighted by molar-refractivity contribution is 5.81. The van der Waals surface area contributed by atoms with Crippen molar-refractivity contribution in [1.82, 2.24) is 15.1 Å². The fourth-order valence-corrected chi connectivity index (χ4v) is 2.09. The summed E-state index contributed by atoms with van der Waals surface area (Å²) >= 11 is 0. The lowest BCUT2D eigenvalue weighted by atomic mass is 10.1. The Morgan fingerprint density at radius 1 is 1.47 bits per heavy atom. The van der Waals surface area contributed by atoms with E-state index in [9.17, 15) is 4.79 Å². The minimum atomic E-state index is -0.112. The molecule has 96 valence electrons. The smallest absolute Gasteiger partial charge is 0.239 e. The predicted molar refractivity (Wildman–Crippen MR) is 66.3 cm³/mol. The molecule has 0 spiro atoms. The summed E-state index contributed by atoms with van der Waals surface area (Å²) in [5.74, 6) is -0.00632. The lowest BCUT2D eigenvalue weighted by Gasteiger charge is -2.34. The monoisotopic (exact) mass is 238 g/mol. The van der Waals surface area contributed by atoms with E-state index in [0.29, 0.717) is 6.54 Å². The van der Waals surface area contributed by atoms with Crippen LogP contribution in [0.15, 0.2) is 0 Å². The molecule has 0 aromatic carbocycles. The number of hydrogen-bond donors (Lipinski definition) is 1. The van der Waals surface area contributed by atoms with Gasteiger partial charge in [-0.25, -0.2) is 0 Å². The zero-order chi connectivity index (χ0) is 12.8. The van der Waals surface area contributed by atoms with Crippen LogP contribution in [0.25, 0.3) is 0 Å². The molecule has 0 radical (unpaired) electrons. The molecule has 2 atom stereocenters. The van der Waals surface area contributed by atoms with Crippen molar-refractivity contribution in [1.29, 1.82) is 5.26 Å². The second-order valence-corrected chi connectivity index (χ2v) is 4.71. The zero-order valence-electron chi connectivity index (χ0n) is 10.9. The maximum absolute atomic E-state index is 12.1. The van der Waals surface area contributed by atoms with Crippen LogP contribution in [-0.2, 0) is 4.79 Å². The molecule has 1 fully saturated rings. The topological polar surface area (TPSA) is 59.4 Å². The Hall–Kier alpha value is -1.12. The van der Waals surface area contributed by atoms with Crippen molar-refractivity contribution in [2.45, 2.75) is 19.9 Å². The van der Waals surface area contributed by atoms with Crippen LogP contribution in [0.2, 0.25) is 0 Å². The van der Waals surface area contributed by atoms with Crippen LogP contribution in [-0.4, -0.2) is 61.5 Å². The third-order valence-electron chi connectivity index (χ3n) is 3.20. The van der Waals surface area contributed by atoms with Crippen LogP contribution >= 0.6 is 0 Å². The maximum Gasteiger partial charge on any atom is 0.239 e. The van der Waals surface area contributed by atoms with Crippen molar-refractivity contribution in [3.05, 3.63) is 0 Å². The molecule has 1 rings (SSSR count). The Morgan fingerprint density at radius 2 is 2.06 bits per heavy atom. The van der Waals surface area contributed by atoms with Crippen molar-refractivity contribution in [2.24, 2.45) is 5.92 Å². The Bertz CT molecular complexity index is 293. The standard InChI is InChI=1S/C12H22N4O/c1-10(8-13)9-15(3)12(17)11(2)16-6-4-14-5-7-16/h10-11,14H,4-7,9H2,1-3H3. The molecule has 1 aliphatic heterocycles. The summed E-state index contributed by atoms with van der Waals surface area (Å²) in [7, 11) is 1.77. The largest absolute Gasteiger partial charge is 0.343 e. The van der Waals surface area contributed by atoms with Gasteiger partial charge in [-0.15, -0.1) is 0 Å². The first-order valence-corrected chi connectivity index (χ1v) is 6.15. The highest BCUT2D eigenvalue weighted by atomic mass is 16.2. The third-order valence-corrected chi connectivity index (χ3v) is 3.20. The van der Waals surface area contributed by atoms with Crippen molar-refractivity contribution in [3.8, 4) is 6.07 Å². The lowest BCUT2D eigenvalue weighted by molar-refractivity contribution is -0.135. The number of rotatable bonds is 4. The van der Waals surface area contributed by atoms with Crippen LogP contribution in [0.3, 0.4) is 0 Å². The maximum atomic E-state index is 12.1. The number of hydrogen-bond acceptors (Lipinski definition) is 4. The number of nitrogens with one attached hydrogen (secondary N) is 1. The van der Waals surface area contributed by atoms with Crippen molar-refractivity contribution in [3.63, 3.8) is 0 Å². The molecule has 1 aliphatic rings. The molecular weight excluding hydrogens is 216 g/mol. The molecule has 5 nitrogen and oxygen atoms in total. The average Bonchev–Trinajstić information content (AvgIpc) is 2.37. The summed E-state index contributed by atoms with van der Waals surface area (Å²) in [5, 5.41) is 12.0. The fourth-order valence-electron chi connectivity index (χ4n) is 2.09. The first-order valence-electron chi connectivity index (χ1n) is 6.15. The predicted octanol–water partition coefficient (Wildman–Crippen LogP) is -0.102. The normalized spacial score (nSPS) is 20.4. The third kappa shape index (κ3) is 3.99. The van der Waals surface area contributed by atoms with E-state index in [1.165, 1.54) is 0 Å². The van der Waals surface area contributed by atoms with E-state index in [4.69, 9.17) is 5.26 Å². The quantitative estimate of drug-likeness (QED) is 0.743. The molecule has 1 saturated heterocycles. The van der Waals surface area contributed by atoms with Crippen LogP contribution < -0.4 is 5.32 Å². The number of carbonyl (C=O) groups excluding carboxylic acids is 1. The molecule has 5 heteroatoms. The Balaban J connectivity index is 2.47. The van der Waals surface area contributed by atoms with Gasteiger partial charge >= 0.3 is 0 Å². The molecule has 0 aromatic rings. The number of nitriles is 1.